The van der Waals surface area contributed by atoms with Crippen LogP contribution in [0.1, 0.15) is 24.0 Å². The van der Waals surface area contributed by atoms with Crippen LogP contribution in [0.25, 0.3) is 0 Å². The highest BCUT2D eigenvalue weighted by Gasteiger charge is 2.24. The van der Waals surface area contributed by atoms with E-state index in [9.17, 15) is 4.79 Å². The second kappa shape index (κ2) is 8.80. The fourth-order valence-electron chi connectivity index (χ4n) is 3.30. The van der Waals surface area contributed by atoms with Crippen molar-refractivity contribution < 1.29 is 14.3 Å². The number of likely N-dealkylation sites (tertiary alicyclic amines) is 1. The predicted octanol–water partition coefficient (Wildman–Crippen LogP) is 3.79. The zero-order valence-corrected chi connectivity index (χ0v) is 16.3. The minimum absolute atomic E-state index is 0.0254. The van der Waals surface area contributed by atoms with Gasteiger partial charge in [-0.05, 0) is 74.2 Å². The number of carbonyl (C=O) groups is 1. The molecule has 2 aromatic carbocycles. The molecular weight excluding hydrogens is 340 g/mol. The Morgan fingerprint density at radius 3 is 2.56 bits per heavy atom. The van der Waals surface area contributed by atoms with Gasteiger partial charge in [0.15, 0.2) is 6.61 Å². The van der Waals surface area contributed by atoms with Gasteiger partial charge in [0, 0.05) is 24.8 Å². The smallest absolute Gasteiger partial charge is 0.260 e. The Morgan fingerprint density at radius 2 is 1.85 bits per heavy atom. The lowest BCUT2D eigenvalue weighted by Gasteiger charge is -2.33. The van der Waals surface area contributed by atoms with E-state index in [4.69, 9.17) is 9.47 Å². The third-order valence-electron chi connectivity index (χ3n) is 5.07. The average Bonchev–Trinajstić information content (AvgIpc) is 2.69. The second-order valence-corrected chi connectivity index (χ2v) is 7.09. The third kappa shape index (κ3) is 5.16. The first-order valence-corrected chi connectivity index (χ1v) is 9.43. The number of piperidine rings is 1. The largest absolute Gasteiger partial charge is 0.497 e. The molecule has 1 fully saturated rings. The normalized spacial score (nSPS) is 16.7. The summed E-state index contributed by atoms with van der Waals surface area (Å²) in [6, 6.07) is 13.9. The van der Waals surface area contributed by atoms with Crippen LogP contribution in [0.5, 0.6) is 11.5 Å². The summed E-state index contributed by atoms with van der Waals surface area (Å²) >= 11 is 0. The molecule has 1 aliphatic heterocycles. The number of methoxy groups -OCH3 is 1. The van der Waals surface area contributed by atoms with Gasteiger partial charge in [-0.15, -0.1) is 0 Å². The molecule has 1 N–H and O–H groups in total. The van der Waals surface area contributed by atoms with E-state index in [1.165, 1.54) is 11.1 Å². The fraction of sp³-hybridized carbons (Fsp3) is 0.409. The van der Waals surface area contributed by atoms with Gasteiger partial charge in [-0.1, -0.05) is 6.07 Å². The van der Waals surface area contributed by atoms with E-state index in [1.54, 1.807) is 7.11 Å². The van der Waals surface area contributed by atoms with E-state index < -0.39 is 0 Å². The van der Waals surface area contributed by atoms with Crippen molar-refractivity contribution in [1.29, 1.82) is 0 Å². The number of carbonyl (C=O) groups excluding carboxylic acids is 1. The molecule has 27 heavy (non-hydrogen) atoms. The van der Waals surface area contributed by atoms with Crippen molar-refractivity contribution in [3.63, 3.8) is 0 Å². The Kier molecular flexibility index (Phi) is 6.22. The Balaban J connectivity index is 1.51. The maximum atomic E-state index is 12.5. The van der Waals surface area contributed by atoms with Gasteiger partial charge in [0.05, 0.1) is 7.11 Å². The summed E-state index contributed by atoms with van der Waals surface area (Å²) in [5, 5.41) is 3.57. The number of aryl methyl sites for hydroxylation is 2. The van der Waals surface area contributed by atoms with Crippen LogP contribution in [0.3, 0.4) is 0 Å². The molecule has 0 spiro atoms. The van der Waals surface area contributed by atoms with E-state index in [2.05, 4.69) is 37.4 Å². The highest BCUT2D eigenvalue weighted by Crippen LogP contribution is 2.20. The Labute approximate surface area is 161 Å². The molecule has 0 bridgehead atoms. The summed E-state index contributed by atoms with van der Waals surface area (Å²) in [5.74, 6) is 1.47. The first-order valence-electron chi connectivity index (χ1n) is 9.43. The molecule has 1 atom stereocenters. The van der Waals surface area contributed by atoms with Gasteiger partial charge in [-0.2, -0.15) is 0 Å². The molecule has 0 saturated carbocycles. The van der Waals surface area contributed by atoms with Crippen molar-refractivity contribution in [2.75, 3.05) is 32.1 Å². The van der Waals surface area contributed by atoms with Crippen LogP contribution in [-0.4, -0.2) is 43.7 Å². The van der Waals surface area contributed by atoms with Gasteiger partial charge in [0.25, 0.3) is 5.91 Å². The molecule has 0 aliphatic carbocycles. The molecule has 5 heteroatoms. The zero-order valence-electron chi connectivity index (χ0n) is 16.3. The molecule has 0 aromatic heterocycles. The highest BCUT2D eigenvalue weighted by molar-refractivity contribution is 5.78. The number of hydrogen-bond donors (Lipinski definition) is 1. The Bertz CT molecular complexity index is 774. The molecule has 144 valence electrons. The molecule has 1 amide bonds. The van der Waals surface area contributed by atoms with E-state index >= 15 is 0 Å². The summed E-state index contributed by atoms with van der Waals surface area (Å²) in [6.07, 6.45) is 2.06. The first kappa shape index (κ1) is 19.1. The molecule has 5 nitrogen and oxygen atoms in total. The molecule has 1 saturated heterocycles. The summed E-state index contributed by atoms with van der Waals surface area (Å²) < 4.78 is 10.8. The van der Waals surface area contributed by atoms with E-state index in [0.717, 1.165) is 30.8 Å². The third-order valence-corrected chi connectivity index (χ3v) is 5.07. The van der Waals surface area contributed by atoms with Crippen LogP contribution in [0.4, 0.5) is 5.69 Å². The SMILES string of the molecule is COc1ccc(OCC(=O)N2CCCC(Nc3ccc(C)c(C)c3)C2)cc1. The maximum absolute atomic E-state index is 12.5. The zero-order chi connectivity index (χ0) is 19.2. The summed E-state index contributed by atoms with van der Waals surface area (Å²) in [7, 11) is 1.62. The number of ether oxygens (including phenoxy) is 2. The van der Waals surface area contributed by atoms with E-state index in [-0.39, 0.29) is 18.6 Å². The van der Waals surface area contributed by atoms with E-state index in [0.29, 0.717) is 12.3 Å². The van der Waals surface area contributed by atoms with Gasteiger partial charge in [-0.3, -0.25) is 4.79 Å². The molecule has 2 aromatic rings. The monoisotopic (exact) mass is 368 g/mol. The number of benzene rings is 2. The highest BCUT2D eigenvalue weighted by atomic mass is 16.5. The van der Waals surface area contributed by atoms with Crippen molar-refractivity contribution in [3.05, 3.63) is 53.6 Å². The summed E-state index contributed by atoms with van der Waals surface area (Å²) in [4.78, 5) is 14.4. The first-order chi connectivity index (χ1) is 13.0. The number of nitrogens with zero attached hydrogens (tertiary/aromatic N) is 1. The number of rotatable bonds is 6. The molecule has 1 unspecified atom stereocenters. The Hall–Kier alpha value is -2.69. The molecule has 0 radical (unpaired) electrons. The van der Waals surface area contributed by atoms with Crippen LogP contribution in [-0.2, 0) is 4.79 Å². The van der Waals surface area contributed by atoms with Gasteiger partial charge in [0.1, 0.15) is 11.5 Å². The van der Waals surface area contributed by atoms with Gasteiger partial charge < -0.3 is 19.7 Å². The van der Waals surface area contributed by atoms with Crippen molar-refractivity contribution in [3.8, 4) is 11.5 Å². The van der Waals surface area contributed by atoms with Gasteiger partial charge in [-0.25, -0.2) is 0 Å². The number of nitrogens with one attached hydrogen (secondary N) is 1. The van der Waals surface area contributed by atoms with Crippen LogP contribution >= 0.6 is 0 Å². The minimum atomic E-state index is 0.0254. The molecular formula is C22H28N2O3. The van der Waals surface area contributed by atoms with Crippen molar-refractivity contribution in [2.45, 2.75) is 32.7 Å². The van der Waals surface area contributed by atoms with Crippen molar-refractivity contribution >= 4 is 11.6 Å². The lowest BCUT2D eigenvalue weighted by Crippen LogP contribution is -2.46. The topological polar surface area (TPSA) is 50.8 Å². The van der Waals surface area contributed by atoms with E-state index in [1.807, 2.05) is 29.2 Å². The molecule has 1 heterocycles. The summed E-state index contributed by atoms with van der Waals surface area (Å²) in [5.41, 5.74) is 3.68. The predicted molar refractivity (Wildman–Crippen MR) is 108 cm³/mol. The average molecular weight is 368 g/mol. The lowest BCUT2D eigenvalue weighted by molar-refractivity contribution is -0.134. The Morgan fingerprint density at radius 1 is 1.11 bits per heavy atom. The fourth-order valence-corrected chi connectivity index (χ4v) is 3.30. The summed E-state index contributed by atoms with van der Waals surface area (Å²) in [6.45, 7) is 5.78. The van der Waals surface area contributed by atoms with Crippen LogP contribution in [0, 0.1) is 13.8 Å². The van der Waals surface area contributed by atoms with Crippen molar-refractivity contribution in [1.82, 2.24) is 4.90 Å². The number of anilines is 1. The molecule has 1 aliphatic rings. The number of amides is 1. The maximum Gasteiger partial charge on any atom is 0.260 e. The molecule has 3 rings (SSSR count). The minimum Gasteiger partial charge on any atom is -0.497 e. The van der Waals surface area contributed by atoms with Crippen molar-refractivity contribution in [2.24, 2.45) is 0 Å². The standard InChI is InChI=1S/C22H28N2O3/c1-16-6-7-18(13-17(16)2)23-19-5-4-12-24(14-19)22(25)15-27-21-10-8-20(26-3)9-11-21/h6-11,13,19,23H,4-5,12,14-15H2,1-3H3. The van der Waals surface area contributed by atoms with Crippen LogP contribution in [0.2, 0.25) is 0 Å². The number of hydrogen-bond acceptors (Lipinski definition) is 4. The second-order valence-electron chi connectivity index (χ2n) is 7.09. The van der Waals surface area contributed by atoms with Crippen LogP contribution < -0.4 is 14.8 Å². The van der Waals surface area contributed by atoms with Crippen LogP contribution in [0.15, 0.2) is 42.5 Å². The quantitative estimate of drug-likeness (QED) is 0.843. The van der Waals surface area contributed by atoms with Gasteiger partial charge >= 0.3 is 0 Å². The lowest BCUT2D eigenvalue weighted by atomic mass is 10.0. The van der Waals surface area contributed by atoms with Gasteiger partial charge in [0.2, 0.25) is 0 Å².